The molecular weight excluding hydrogens is 216 g/mol. The Morgan fingerprint density at radius 1 is 1.59 bits per heavy atom. The average molecular weight is 234 g/mol. The Morgan fingerprint density at radius 3 is 2.94 bits per heavy atom. The summed E-state index contributed by atoms with van der Waals surface area (Å²) in [5.41, 5.74) is 2.44. The van der Waals surface area contributed by atoms with Crippen molar-refractivity contribution in [3.05, 3.63) is 29.3 Å². The molecule has 2 atom stereocenters. The van der Waals surface area contributed by atoms with Crippen LogP contribution in [0.4, 0.5) is 0 Å². The fraction of sp³-hybridized carbons (Fsp3) is 0.500. The number of fused-ring (bicyclic) bond motifs is 1. The molecule has 3 heteroatoms. The predicted molar refractivity (Wildman–Crippen MR) is 65.5 cm³/mol. The minimum atomic E-state index is -0.679. The lowest BCUT2D eigenvalue weighted by atomic mass is 9.85. The first kappa shape index (κ1) is 12.0. The molecule has 0 bridgehead atoms. The van der Waals surface area contributed by atoms with Crippen LogP contribution in [0.15, 0.2) is 18.2 Å². The van der Waals surface area contributed by atoms with Gasteiger partial charge in [-0.05, 0) is 48.4 Å². The van der Waals surface area contributed by atoms with Crippen molar-refractivity contribution in [1.82, 2.24) is 0 Å². The Bertz CT molecular complexity index is 425. The Morgan fingerprint density at radius 2 is 2.35 bits per heavy atom. The SMILES string of the molecule is CC[C@@H](C(=O)O)[C@H]1CCc2cc(OC)ccc21. The first-order valence-corrected chi connectivity index (χ1v) is 6.07. The van der Waals surface area contributed by atoms with Crippen LogP contribution in [0.5, 0.6) is 5.75 Å². The summed E-state index contributed by atoms with van der Waals surface area (Å²) in [4.78, 5) is 11.2. The maximum atomic E-state index is 11.2. The third-order valence-corrected chi connectivity index (χ3v) is 3.72. The van der Waals surface area contributed by atoms with Gasteiger partial charge in [-0.25, -0.2) is 0 Å². The van der Waals surface area contributed by atoms with E-state index in [1.165, 1.54) is 11.1 Å². The van der Waals surface area contributed by atoms with Crippen LogP contribution >= 0.6 is 0 Å². The van der Waals surface area contributed by atoms with Crippen LogP contribution in [-0.4, -0.2) is 18.2 Å². The molecule has 3 nitrogen and oxygen atoms in total. The van der Waals surface area contributed by atoms with Gasteiger partial charge in [-0.2, -0.15) is 0 Å². The molecule has 1 aromatic carbocycles. The summed E-state index contributed by atoms with van der Waals surface area (Å²) < 4.78 is 5.19. The quantitative estimate of drug-likeness (QED) is 0.871. The number of aryl methyl sites for hydroxylation is 1. The molecule has 17 heavy (non-hydrogen) atoms. The van der Waals surface area contributed by atoms with Gasteiger partial charge in [0.05, 0.1) is 13.0 Å². The fourth-order valence-electron chi connectivity index (χ4n) is 2.80. The number of rotatable bonds is 4. The van der Waals surface area contributed by atoms with Gasteiger partial charge in [-0.15, -0.1) is 0 Å². The molecule has 1 aliphatic rings. The van der Waals surface area contributed by atoms with Crippen LogP contribution < -0.4 is 4.74 Å². The molecule has 0 amide bonds. The van der Waals surface area contributed by atoms with E-state index >= 15 is 0 Å². The number of carboxylic acid groups (broad SMARTS) is 1. The van der Waals surface area contributed by atoms with E-state index in [1.807, 2.05) is 25.1 Å². The third-order valence-electron chi connectivity index (χ3n) is 3.72. The van der Waals surface area contributed by atoms with Crippen LogP contribution in [0.3, 0.4) is 0 Å². The van der Waals surface area contributed by atoms with E-state index in [9.17, 15) is 9.90 Å². The van der Waals surface area contributed by atoms with E-state index in [2.05, 4.69) is 0 Å². The number of hydrogen-bond donors (Lipinski definition) is 1. The zero-order valence-corrected chi connectivity index (χ0v) is 10.3. The number of ether oxygens (including phenoxy) is 1. The van der Waals surface area contributed by atoms with Gasteiger partial charge >= 0.3 is 5.97 Å². The summed E-state index contributed by atoms with van der Waals surface area (Å²) in [5.74, 6) is 0.0805. The largest absolute Gasteiger partial charge is 0.497 e. The van der Waals surface area contributed by atoms with Crippen LogP contribution in [0.1, 0.15) is 36.8 Å². The summed E-state index contributed by atoms with van der Waals surface area (Å²) in [6, 6.07) is 5.98. The Balaban J connectivity index is 2.30. The molecule has 0 unspecified atom stereocenters. The van der Waals surface area contributed by atoms with Crippen LogP contribution in [0.2, 0.25) is 0 Å². The van der Waals surface area contributed by atoms with E-state index in [0.29, 0.717) is 6.42 Å². The highest BCUT2D eigenvalue weighted by Gasteiger charge is 2.33. The Labute approximate surface area is 101 Å². The van der Waals surface area contributed by atoms with Crippen molar-refractivity contribution < 1.29 is 14.6 Å². The minimum absolute atomic E-state index is 0.165. The molecule has 0 radical (unpaired) electrons. The van der Waals surface area contributed by atoms with Crippen molar-refractivity contribution in [3.63, 3.8) is 0 Å². The Kier molecular flexibility index (Phi) is 3.36. The van der Waals surface area contributed by atoms with Gasteiger partial charge in [0.1, 0.15) is 5.75 Å². The number of aliphatic carboxylic acids is 1. The van der Waals surface area contributed by atoms with E-state index < -0.39 is 5.97 Å². The molecule has 2 rings (SSSR count). The van der Waals surface area contributed by atoms with Gasteiger partial charge in [0.2, 0.25) is 0 Å². The number of carbonyl (C=O) groups is 1. The number of hydrogen-bond acceptors (Lipinski definition) is 2. The highest BCUT2D eigenvalue weighted by Crippen LogP contribution is 2.41. The summed E-state index contributed by atoms with van der Waals surface area (Å²) in [6.45, 7) is 1.94. The topological polar surface area (TPSA) is 46.5 Å². The summed E-state index contributed by atoms with van der Waals surface area (Å²) in [5, 5.41) is 9.24. The van der Waals surface area contributed by atoms with Crippen molar-refractivity contribution in [3.8, 4) is 5.75 Å². The van der Waals surface area contributed by atoms with Crippen molar-refractivity contribution in [2.45, 2.75) is 32.1 Å². The number of methoxy groups -OCH3 is 1. The highest BCUT2D eigenvalue weighted by molar-refractivity contribution is 5.71. The number of carboxylic acids is 1. The normalized spacial score (nSPS) is 19.8. The van der Waals surface area contributed by atoms with Gasteiger partial charge < -0.3 is 9.84 Å². The van der Waals surface area contributed by atoms with Gasteiger partial charge in [0.25, 0.3) is 0 Å². The predicted octanol–water partition coefficient (Wildman–Crippen LogP) is 2.84. The van der Waals surface area contributed by atoms with Crippen molar-refractivity contribution >= 4 is 5.97 Å². The lowest BCUT2D eigenvalue weighted by Gasteiger charge is -2.19. The molecule has 1 aromatic rings. The second-order valence-electron chi connectivity index (χ2n) is 4.56. The minimum Gasteiger partial charge on any atom is -0.497 e. The van der Waals surface area contributed by atoms with Gasteiger partial charge in [0, 0.05) is 0 Å². The molecule has 0 spiro atoms. The summed E-state index contributed by atoms with van der Waals surface area (Å²) >= 11 is 0. The van der Waals surface area contributed by atoms with Crippen molar-refractivity contribution in [1.29, 1.82) is 0 Å². The number of benzene rings is 1. The molecule has 92 valence electrons. The molecule has 0 fully saturated rings. The second-order valence-corrected chi connectivity index (χ2v) is 4.56. The molecule has 0 saturated carbocycles. The lowest BCUT2D eigenvalue weighted by Crippen LogP contribution is -2.19. The molecule has 1 aliphatic carbocycles. The average Bonchev–Trinajstić information content (AvgIpc) is 2.73. The molecular formula is C14H18O3. The van der Waals surface area contributed by atoms with Gasteiger partial charge in [-0.1, -0.05) is 13.0 Å². The zero-order chi connectivity index (χ0) is 12.4. The fourth-order valence-corrected chi connectivity index (χ4v) is 2.80. The van der Waals surface area contributed by atoms with E-state index in [0.717, 1.165) is 18.6 Å². The second kappa shape index (κ2) is 4.78. The van der Waals surface area contributed by atoms with Crippen LogP contribution in [0.25, 0.3) is 0 Å². The first-order valence-electron chi connectivity index (χ1n) is 6.07. The molecule has 0 heterocycles. The van der Waals surface area contributed by atoms with Gasteiger partial charge in [-0.3, -0.25) is 4.79 Å². The lowest BCUT2D eigenvalue weighted by molar-refractivity contribution is -0.142. The van der Waals surface area contributed by atoms with Gasteiger partial charge in [0.15, 0.2) is 0 Å². The monoisotopic (exact) mass is 234 g/mol. The van der Waals surface area contributed by atoms with Crippen molar-refractivity contribution in [2.75, 3.05) is 7.11 Å². The summed E-state index contributed by atoms with van der Waals surface area (Å²) in [7, 11) is 1.65. The summed E-state index contributed by atoms with van der Waals surface area (Å²) in [6.07, 6.45) is 2.58. The van der Waals surface area contributed by atoms with Crippen LogP contribution in [-0.2, 0) is 11.2 Å². The molecule has 0 aromatic heterocycles. The first-order chi connectivity index (χ1) is 8.17. The standard InChI is InChI=1S/C14H18O3/c1-3-11(14(15)16)13-6-4-9-8-10(17-2)5-7-12(9)13/h5,7-8,11,13H,3-4,6H2,1-2H3,(H,15,16)/t11-,13-/m1/s1. The van der Waals surface area contributed by atoms with E-state index in [-0.39, 0.29) is 11.8 Å². The smallest absolute Gasteiger partial charge is 0.307 e. The maximum absolute atomic E-state index is 11.2. The van der Waals surface area contributed by atoms with E-state index in [4.69, 9.17) is 4.74 Å². The van der Waals surface area contributed by atoms with Crippen molar-refractivity contribution in [2.24, 2.45) is 5.92 Å². The molecule has 0 aliphatic heterocycles. The maximum Gasteiger partial charge on any atom is 0.307 e. The zero-order valence-electron chi connectivity index (χ0n) is 10.3. The van der Waals surface area contributed by atoms with E-state index in [1.54, 1.807) is 7.11 Å². The third kappa shape index (κ3) is 2.14. The highest BCUT2D eigenvalue weighted by atomic mass is 16.5. The Hall–Kier alpha value is -1.51. The molecule has 0 saturated heterocycles. The molecule has 1 N–H and O–H groups in total. The van der Waals surface area contributed by atoms with Crippen LogP contribution in [0, 0.1) is 5.92 Å².